The molecule has 5 nitrogen and oxygen atoms in total. The highest BCUT2D eigenvalue weighted by Crippen LogP contribution is 2.35. The lowest BCUT2D eigenvalue weighted by Gasteiger charge is -2.12. The van der Waals surface area contributed by atoms with Crippen LogP contribution in [0.2, 0.25) is 0 Å². The van der Waals surface area contributed by atoms with Crippen LogP contribution in [-0.2, 0) is 0 Å². The van der Waals surface area contributed by atoms with E-state index in [-0.39, 0.29) is 0 Å². The molecular weight excluding hydrogens is 252 g/mol. The van der Waals surface area contributed by atoms with Gasteiger partial charge in [0.2, 0.25) is 0 Å². The molecule has 0 fully saturated rings. The summed E-state index contributed by atoms with van der Waals surface area (Å²) in [5.41, 5.74) is 2.66. The molecule has 2 heterocycles. The predicted molar refractivity (Wildman–Crippen MR) is 78.9 cm³/mol. The van der Waals surface area contributed by atoms with Gasteiger partial charge in [-0.2, -0.15) is 0 Å². The van der Waals surface area contributed by atoms with Crippen LogP contribution in [-0.4, -0.2) is 29.1 Å². The van der Waals surface area contributed by atoms with Crippen molar-refractivity contribution in [3.8, 4) is 17.0 Å². The van der Waals surface area contributed by atoms with E-state index in [1.807, 2.05) is 30.3 Å². The number of rotatable bonds is 3. The van der Waals surface area contributed by atoms with Crippen LogP contribution in [0.15, 0.2) is 42.9 Å². The second-order valence-electron chi connectivity index (χ2n) is 4.23. The number of fused-ring (bicyclic) bond motifs is 1. The normalized spacial score (nSPS) is 10.5. The summed E-state index contributed by atoms with van der Waals surface area (Å²) < 4.78 is 5.46. The van der Waals surface area contributed by atoms with Crippen molar-refractivity contribution in [2.75, 3.05) is 19.5 Å². The molecule has 2 aromatic heterocycles. The van der Waals surface area contributed by atoms with Gasteiger partial charge in [-0.3, -0.25) is 4.98 Å². The van der Waals surface area contributed by atoms with Gasteiger partial charge in [-0.05, 0) is 12.1 Å². The molecule has 20 heavy (non-hydrogen) atoms. The van der Waals surface area contributed by atoms with Crippen LogP contribution in [0.4, 0.5) is 5.82 Å². The number of ether oxygens (including phenoxy) is 1. The first-order valence-corrected chi connectivity index (χ1v) is 6.26. The fourth-order valence-corrected chi connectivity index (χ4v) is 2.25. The van der Waals surface area contributed by atoms with E-state index in [1.54, 1.807) is 20.4 Å². The number of anilines is 1. The van der Waals surface area contributed by atoms with Crippen molar-refractivity contribution in [1.29, 1.82) is 0 Å². The third-order valence-corrected chi connectivity index (χ3v) is 3.15. The molecule has 0 bridgehead atoms. The minimum atomic E-state index is 0.631. The van der Waals surface area contributed by atoms with E-state index < -0.39 is 0 Å². The van der Waals surface area contributed by atoms with Gasteiger partial charge < -0.3 is 10.1 Å². The molecule has 100 valence electrons. The summed E-state index contributed by atoms with van der Waals surface area (Å²) in [7, 11) is 3.42. The monoisotopic (exact) mass is 266 g/mol. The standard InChI is InChI=1S/C15H14N4O/c1-16-15-14(20-2)13(18-9-19-15)11-5-3-7-12-10(11)6-4-8-17-12/h3-9H,1-2H3,(H,16,18,19). The van der Waals surface area contributed by atoms with E-state index in [9.17, 15) is 0 Å². The second kappa shape index (κ2) is 5.13. The van der Waals surface area contributed by atoms with E-state index in [0.717, 1.165) is 22.2 Å². The molecule has 0 atom stereocenters. The van der Waals surface area contributed by atoms with Gasteiger partial charge in [-0.1, -0.05) is 18.2 Å². The molecule has 3 aromatic rings. The minimum Gasteiger partial charge on any atom is -0.491 e. The first-order valence-electron chi connectivity index (χ1n) is 6.26. The summed E-state index contributed by atoms with van der Waals surface area (Å²) in [4.78, 5) is 12.9. The Morgan fingerprint density at radius 2 is 1.95 bits per heavy atom. The van der Waals surface area contributed by atoms with Crippen LogP contribution in [0.1, 0.15) is 0 Å². The highest BCUT2D eigenvalue weighted by molar-refractivity contribution is 5.95. The van der Waals surface area contributed by atoms with Crippen molar-refractivity contribution < 1.29 is 4.74 Å². The molecule has 0 aliphatic carbocycles. The maximum atomic E-state index is 5.46. The Morgan fingerprint density at radius 3 is 2.75 bits per heavy atom. The Hall–Kier alpha value is -2.69. The molecule has 3 rings (SSSR count). The number of hydrogen-bond acceptors (Lipinski definition) is 5. The van der Waals surface area contributed by atoms with Crippen LogP contribution in [0.25, 0.3) is 22.2 Å². The maximum absolute atomic E-state index is 5.46. The fourth-order valence-electron chi connectivity index (χ4n) is 2.25. The Labute approximate surface area is 116 Å². The zero-order chi connectivity index (χ0) is 13.9. The highest BCUT2D eigenvalue weighted by Gasteiger charge is 2.15. The summed E-state index contributed by atoms with van der Waals surface area (Å²) in [6.07, 6.45) is 3.31. The molecule has 0 spiro atoms. The molecule has 0 saturated heterocycles. The first kappa shape index (κ1) is 12.3. The number of methoxy groups -OCH3 is 1. The van der Waals surface area contributed by atoms with Gasteiger partial charge in [0.15, 0.2) is 11.6 Å². The lowest BCUT2D eigenvalue weighted by atomic mass is 10.0. The first-order chi connectivity index (χ1) is 9.85. The van der Waals surface area contributed by atoms with Crippen molar-refractivity contribution >= 4 is 16.7 Å². The number of nitrogens with zero attached hydrogens (tertiary/aromatic N) is 3. The van der Waals surface area contributed by atoms with Crippen molar-refractivity contribution in [3.05, 3.63) is 42.9 Å². The zero-order valence-electron chi connectivity index (χ0n) is 11.3. The van der Waals surface area contributed by atoms with Gasteiger partial charge in [0.1, 0.15) is 12.0 Å². The number of nitrogens with one attached hydrogen (secondary N) is 1. The lowest BCUT2D eigenvalue weighted by Crippen LogP contribution is -2.00. The summed E-state index contributed by atoms with van der Waals surface area (Å²) in [6.45, 7) is 0. The van der Waals surface area contributed by atoms with E-state index >= 15 is 0 Å². The third kappa shape index (κ3) is 1.93. The van der Waals surface area contributed by atoms with Gasteiger partial charge in [0.05, 0.1) is 12.6 Å². The summed E-state index contributed by atoms with van der Waals surface area (Å²) in [6, 6.07) is 9.89. The van der Waals surface area contributed by atoms with E-state index in [4.69, 9.17) is 4.74 Å². The van der Waals surface area contributed by atoms with Crippen LogP contribution in [0, 0.1) is 0 Å². The van der Waals surface area contributed by atoms with Crippen molar-refractivity contribution in [1.82, 2.24) is 15.0 Å². The van der Waals surface area contributed by atoms with Crippen LogP contribution in [0.3, 0.4) is 0 Å². The molecule has 0 amide bonds. The number of pyridine rings is 1. The smallest absolute Gasteiger partial charge is 0.187 e. The molecule has 0 unspecified atom stereocenters. The Bertz CT molecular complexity index is 752. The van der Waals surface area contributed by atoms with E-state index in [1.165, 1.54) is 6.33 Å². The summed E-state index contributed by atoms with van der Waals surface area (Å²) >= 11 is 0. The average molecular weight is 266 g/mol. The number of benzene rings is 1. The Kier molecular flexibility index (Phi) is 3.16. The second-order valence-corrected chi connectivity index (χ2v) is 4.23. The van der Waals surface area contributed by atoms with Crippen molar-refractivity contribution in [2.45, 2.75) is 0 Å². The molecular formula is C15H14N4O. The average Bonchev–Trinajstić information content (AvgIpc) is 2.53. The highest BCUT2D eigenvalue weighted by atomic mass is 16.5. The third-order valence-electron chi connectivity index (χ3n) is 3.15. The van der Waals surface area contributed by atoms with Gasteiger partial charge >= 0.3 is 0 Å². The van der Waals surface area contributed by atoms with Gasteiger partial charge in [-0.15, -0.1) is 0 Å². The number of hydrogen-bond donors (Lipinski definition) is 1. The maximum Gasteiger partial charge on any atom is 0.187 e. The van der Waals surface area contributed by atoms with E-state index in [0.29, 0.717) is 11.6 Å². The fraction of sp³-hybridized carbons (Fsp3) is 0.133. The van der Waals surface area contributed by atoms with E-state index in [2.05, 4.69) is 20.3 Å². The van der Waals surface area contributed by atoms with Crippen LogP contribution < -0.4 is 10.1 Å². The quantitative estimate of drug-likeness (QED) is 0.789. The minimum absolute atomic E-state index is 0.631. The van der Waals surface area contributed by atoms with Crippen molar-refractivity contribution in [2.24, 2.45) is 0 Å². The van der Waals surface area contributed by atoms with Crippen molar-refractivity contribution in [3.63, 3.8) is 0 Å². The predicted octanol–water partition coefficient (Wildman–Crippen LogP) is 2.74. The zero-order valence-corrected chi connectivity index (χ0v) is 11.3. The number of aromatic nitrogens is 3. The molecule has 0 aliphatic rings. The van der Waals surface area contributed by atoms with Gasteiger partial charge in [0.25, 0.3) is 0 Å². The van der Waals surface area contributed by atoms with Crippen LogP contribution in [0.5, 0.6) is 5.75 Å². The Balaban J connectivity index is 2.31. The van der Waals surface area contributed by atoms with Gasteiger partial charge in [0, 0.05) is 24.2 Å². The SMILES string of the molecule is CNc1ncnc(-c2cccc3ncccc23)c1OC. The topological polar surface area (TPSA) is 59.9 Å². The lowest BCUT2D eigenvalue weighted by molar-refractivity contribution is 0.415. The molecule has 0 saturated carbocycles. The van der Waals surface area contributed by atoms with Gasteiger partial charge in [-0.25, -0.2) is 9.97 Å². The van der Waals surface area contributed by atoms with Crippen LogP contribution >= 0.6 is 0 Å². The molecule has 0 radical (unpaired) electrons. The molecule has 0 aliphatic heterocycles. The Morgan fingerprint density at radius 1 is 1.05 bits per heavy atom. The summed E-state index contributed by atoms with van der Waals surface area (Å²) in [5, 5.41) is 4.05. The molecule has 1 aromatic carbocycles. The molecule has 5 heteroatoms. The molecule has 1 N–H and O–H groups in total. The largest absolute Gasteiger partial charge is 0.491 e. The summed E-state index contributed by atoms with van der Waals surface area (Å²) in [5.74, 6) is 1.30.